The maximum Gasteiger partial charge on any atom is 0.239 e. The Hall–Kier alpha value is -4.53. The van der Waals surface area contributed by atoms with Gasteiger partial charge >= 0.3 is 0 Å². The van der Waals surface area contributed by atoms with E-state index in [1.165, 1.54) is 12.1 Å². The Morgan fingerprint density at radius 1 is 0.977 bits per heavy atom. The highest BCUT2D eigenvalue weighted by Gasteiger charge is 2.43. The summed E-state index contributed by atoms with van der Waals surface area (Å²) in [5.74, 6) is 0.980. The van der Waals surface area contributed by atoms with Crippen LogP contribution in [-0.4, -0.2) is 46.1 Å². The third kappa shape index (κ3) is 6.30. The van der Waals surface area contributed by atoms with Crippen molar-refractivity contribution < 1.29 is 28.2 Å². The molecule has 3 aromatic carbocycles. The normalized spacial score (nSPS) is 17.3. The van der Waals surface area contributed by atoms with Crippen molar-refractivity contribution >= 4 is 23.1 Å². The summed E-state index contributed by atoms with van der Waals surface area (Å²) in [7, 11) is 4.68. The van der Waals surface area contributed by atoms with Gasteiger partial charge in [-0.15, -0.1) is 0 Å². The van der Waals surface area contributed by atoms with Gasteiger partial charge in [0.25, 0.3) is 0 Å². The molecule has 0 radical (unpaired) electrons. The molecule has 1 atom stereocenters. The Morgan fingerprint density at radius 2 is 1.65 bits per heavy atom. The number of para-hydroxylation sites is 2. The lowest BCUT2D eigenvalue weighted by atomic mass is 9.73. The standard InChI is InChI=1S/C34H38FN3O5/c1-34(2)18-25-32(27(39)19-34)33(23-16-29(42-4)30(43-5)17-28(23)41-3)38(26-9-7-6-8-24(26)37-25)20-31(40)36-15-14-21-10-12-22(35)13-11-21/h6-13,16-17,33,37H,14-15,18-20H2,1-5H3,(H,36,40). The fourth-order valence-electron chi connectivity index (χ4n) is 6.03. The van der Waals surface area contributed by atoms with Crippen LogP contribution in [0.1, 0.15) is 43.9 Å². The number of halogens is 1. The third-order valence-corrected chi connectivity index (χ3v) is 8.00. The van der Waals surface area contributed by atoms with Gasteiger partial charge in [-0.05, 0) is 54.2 Å². The fourth-order valence-corrected chi connectivity index (χ4v) is 6.03. The quantitative estimate of drug-likeness (QED) is 0.326. The Morgan fingerprint density at radius 3 is 2.35 bits per heavy atom. The number of anilines is 2. The molecule has 226 valence electrons. The Bertz CT molecular complexity index is 1550. The predicted octanol–water partition coefficient (Wildman–Crippen LogP) is 5.83. The second-order valence-electron chi connectivity index (χ2n) is 11.7. The molecule has 0 spiro atoms. The number of ether oxygens (including phenoxy) is 3. The second-order valence-corrected chi connectivity index (χ2v) is 11.7. The van der Waals surface area contributed by atoms with E-state index in [1.54, 1.807) is 39.5 Å². The summed E-state index contributed by atoms with van der Waals surface area (Å²) in [4.78, 5) is 29.6. The first kappa shape index (κ1) is 29.9. The number of nitrogens with one attached hydrogen (secondary N) is 2. The summed E-state index contributed by atoms with van der Waals surface area (Å²) in [5.41, 5.74) is 4.37. The summed E-state index contributed by atoms with van der Waals surface area (Å²) >= 11 is 0. The molecule has 3 aromatic rings. The van der Waals surface area contributed by atoms with Crippen LogP contribution >= 0.6 is 0 Å². The number of fused-ring (bicyclic) bond motifs is 1. The van der Waals surface area contributed by atoms with E-state index < -0.39 is 6.04 Å². The van der Waals surface area contributed by atoms with E-state index in [9.17, 15) is 14.0 Å². The number of benzene rings is 3. The number of methoxy groups -OCH3 is 3. The lowest BCUT2D eigenvalue weighted by molar-refractivity contribution is -0.120. The lowest BCUT2D eigenvalue weighted by Crippen LogP contribution is -2.42. The van der Waals surface area contributed by atoms with E-state index in [-0.39, 0.29) is 29.5 Å². The van der Waals surface area contributed by atoms with Crippen LogP contribution in [0.3, 0.4) is 0 Å². The maximum atomic E-state index is 14.0. The molecule has 0 fully saturated rings. The Kier molecular flexibility index (Phi) is 8.62. The summed E-state index contributed by atoms with van der Waals surface area (Å²) in [6, 6.07) is 16.9. The van der Waals surface area contributed by atoms with Crippen LogP contribution in [0, 0.1) is 11.2 Å². The van der Waals surface area contributed by atoms with E-state index in [0.717, 1.165) is 22.6 Å². The molecule has 0 saturated carbocycles. The van der Waals surface area contributed by atoms with Crippen LogP contribution in [-0.2, 0) is 16.0 Å². The van der Waals surface area contributed by atoms with Crippen molar-refractivity contribution in [3.8, 4) is 17.2 Å². The van der Waals surface area contributed by atoms with Gasteiger partial charge in [-0.2, -0.15) is 0 Å². The number of nitrogens with zero attached hydrogens (tertiary/aromatic N) is 1. The van der Waals surface area contributed by atoms with Crippen molar-refractivity contribution in [2.24, 2.45) is 5.41 Å². The minimum atomic E-state index is -0.660. The van der Waals surface area contributed by atoms with Gasteiger partial charge in [0.2, 0.25) is 5.91 Å². The molecule has 43 heavy (non-hydrogen) atoms. The number of ketones is 1. The first-order valence-corrected chi connectivity index (χ1v) is 14.3. The highest BCUT2D eigenvalue weighted by molar-refractivity contribution is 6.02. The molecular formula is C34H38FN3O5. The maximum absolute atomic E-state index is 14.0. The van der Waals surface area contributed by atoms with E-state index in [4.69, 9.17) is 14.2 Å². The number of amides is 1. The Balaban J connectivity index is 1.60. The first-order valence-electron chi connectivity index (χ1n) is 14.3. The zero-order valence-corrected chi connectivity index (χ0v) is 25.3. The highest BCUT2D eigenvalue weighted by Crippen LogP contribution is 2.51. The van der Waals surface area contributed by atoms with Crippen LogP contribution < -0.4 is 29.7 Å². The number of hydrogen-bond donors (Lipinski definition) is 2. The van der Waals surface area contributed by atoms with Gasteiger partial charge in [0.15, 0.2) is 17.3 Å². The zero-order chi connectivity index (χ0) is 30.7. The van der Waals surface area contributed by atoms with Crippen molar-refractivity contribution in [1.29, 1.82) is 0 Å². The summed E-state index contributed by atoms with van der Waals surface area (Å²) < 4.78 is 30.4. The van der Waals surface area contributed by atoms with Gasteiger partial charge in [-0.3, -0.25) is 9.59 Å². The molecule has 1 aliphatic carbocycles. The van der Waals surface area contributed by atoms with Gasteiger partial charge < -0.3 is 29.7 Å². The largest absolute Gasteiger partial charge is 0.496 e. The predicted molar refractivity (Wildman–Crippen MR) is 164 cm³/mol. The van der Waals surface area contributed by atoms with E-state index >= 15 is 0 Å². The molecule has 0 aromatic heterocycles. The molecule has 0 bridgehead atoms. The van der Waals surface area contributed by atoms with E-state index in [0.29, 0.717) is 54.2 Å². The minimum Gasteiger partial charge on any atom is -0.496 e. The van der Waals surface area contributed by atoms with Gasteiger partial charge in [-0.25, -0.2) is 4.39 Å². The SMILES string of the molecule is COc1cc(OC)c(C2C3=C(CC(C)(C)CC3=O)Nc3ccccc3N2CC(=O)NCCc2ccc(F)cc2)cc1OC. The van der Waals surface area contributed by atoms with E-state index in [2.05, 4.69) is 24.5 Å². The first-order chi connectivity index (χ1) is 20.6. The lowest BCUT2D eigenvalue weighted by Gasteiger charge is -2.38. The minimum absolute atomic E-state index is 0.00936. The molecule has 2 N–H and O–H groups in total. The Labute approximate surface area is 251 Å². The summed E-state index contributed by atoms with van der Waals surface area (Å²) in [6.45, 7) is 4.53. The number of hydrogen-bond acceptors (Lipinski definition) is 7. The molecule has 1 heterocycles. The van der Waals surface area contributed by atoms with E-state index in [1.807, 2.05) is 35.2 Å². The monoisotopic (exact) mass is 587 g/mol. The van der Waals surface area contributed by atoms with Crippen molar-refractivity contribution in [2.45, 2.75) is 39.2 Å². The van der Waals surface area contributed by atoms with Gasteiger partial charge in [0.1, 0.15) is 11.6 Å². The second kappa shape index (κ2) is 12.4. The summed E-state index contributed by atoms with van der Waals surface area (Å²) in [5, 5.41) is 6.58. The fraction of sp³-hybridized carbons (Fsp3) is 0.353. The van der Waals surface area contributed by atoms with Gasteiger partial charge in [-0.1, -0.05) is 38.1 Å². The van der Waals surface area contributed by atoms with Crippen molar-refractivity contribution in [1.82, 2.24) is 5.32 Å². The molecule has 2 aliphatic rings. The number of rotatable bonds is 9. The zero-order valence-electron chi connectivity index (χ0n) is 25.3. The number of carbonyl (C=O) groups is 2. The van der Waals surface area contributed by atoms with Crippen molar-refractivity contribution in [3.05, 3.63) is 88.9 Å². The molecular weight excluding hydrogens is 549 g/mol. The third-order valence-electron chi connectivity index (χ3n) is 8.00. The number of carbonyl (C=O) groups excluding carboxylic acids is 2. The highest BCUT2D eigenvalue weighted by atomic mass is 19.1. The average Bonchev–Trinajstić information content (AvgIpc) is 3.11. The average molecular weight is 588 g/mol. The van der Waals surface area contributed by atoms with Gasteiger partial charge in [0, 0.05) is 35.9 Å². The molecule has 1 unspecified atom stereocenters. The van der Waals surface area contributed by atoms with Crippen LogP contribution in [0.25, 0.3) is 0 Å². The molecule has 1 amide bonds. The molecule has 5 rings (SSSR count). The number of allylic oxidation sites excluding steroid dienone is 1. The van der Waals surface area contributed by atoms with Gasteiger partial charge in [0.05, 0.1) is 45.3 Å². The van der Waals surface area contributed by atoms with Crippen LogP contribution in [0.5, 0.6) is 17.2 Å². The molecule has 9 heteroatoms. The number of Topliss-reactive ketones (excluding diaryl/α,β-unsaturated/α-hetero) is 1. The summed E-state index contributed by atoms with van der Waals surface area (Å²) in [6.07, 6.45) is 1.58. The van der Waals surface area contributed by atoms with Crippen LogP contribution in [0.4, 0.5) is 15.8 Å². The smallest absolute Gasteiger partial charge is 0.239 e. The van der Waals surface area contributed by atoms with Crippen LogP contribution in [0.15, 0.2) is 71.9 Å². The van der Waals surface area contributed by atoms with Crippen LogP contribution in [0.2, 0.25) is 0 Å². The molecule has 1 aliphatic heterocycles. The van der Waals surface area contributed by atoms with Crippen molar-refractivity contribution in [3.63, 3.8) is 0 Å². The van der Waals surface area contributed by atoms with Crippen molar-refractivity contribution in [2.75, 3.05) is 44.6 Å². The molecule has 8 nitrogen and oxygen atoms in total. The topological polar surface area (TPSA) is 89.1 Å². The molecule has 0 saturated heterocycles.